The summed E-state index contributed by atoms with van der Waals surface area (Å²) in [6.07, 6.45) is 0. The number of fused-ring (bicyclic) bond motifs is 1. The van der Waals surface area contributed by atoms with Gasteiger partial charge >= 0.3 is 110 Å². The molecule has 86 valence electrons. The van der Waals surface area contributed by atoms with Gasteiger partial charge in [-0.15, -0.1) is 0 Å². The molecule has 0 saturated heterocycles. The fourth-order valence-corrected chi connectivity index (χ4v) is 7.18. The predicted molar refractivity (Wildman–Crippen MR) is 72.2 cm³/mol. The van der Waals surface area contributed by atoms with Gasteiger partial charge in [-0.05, 0) is 0 Å². The molecule has 0 amide bonds. The van der Waals surface area contributed by atoms with Crippen molar-refractivity contribution >= 4 is 30.2 Å². The number of hydrogen-bond donors (Lipinski definition) is 0. The molecule has 0 aromatic heterocycles. The molecular formula is C14H12OSSe. The van der Waals surface area contributed by atoms with Crippen LogP contribution in [0.1, 0.15) is 10.8 Å². The molecule has 0 unspecified atom stereocenters. The molecule has 3 rings (SSSR count). The van der Waals surface area contributed by atoms with Crippen LogP contribution in [0.3, 0.4) is 0 Å². The molecule has 0 aliphatic carbocycles. The first-order valence-electron chi connectivity index (χ1n) is 5.53. The van der Waals surface area contributed by atoms with Crippen LogP contribution in [0.15, 0.2) is 59.5 Å². The summed E-state index contributed by atoms with van der Waals surface area (Å²) in [5.41, 5.74) is 1.21. The van der Waals surface area contributed by atoms with E-state index in [0.717, 1.165) is 10.2 Å². The van der Waals surface area contributed by atoms with Gasteiger partial charge in [0.15, 0.2) is 0 Å². The van der Waals surface area contributed by atoms with Gasteiger partial charge in [0.25, 0.3) is 0 Å². The molecule has 2 aromatic carbocycles. The van der Waals surface area contributed by atoms with E-state index in [-0.39, 0.29) is 5.25 Å². The zero-order chi connectivity index (χ0) is 11.7. The first-order chi connectivity index (χ1) is 8.36. The zero-order valence-electron chi connectivity index (χ0n) is 9.21. The van der Waals surface area contributed by atoms with Gasteiger partial charge in [0, 0.05) is 0 Å². The Labute approximate surface area is 110 Å². The number of benzene rings is 2. The second-order valence-electron chi connectivity index (χ2n) is 3.95. The molecule has 17 heavy (non-hydrogen) atoms. The van der Waals surface area contributed by atoms with E-state index in [1.54, 1.807) is 0 Å². The topological polar surface area (TPSA) is 17.1 Å². The van der Waals surface area contributed by atoms with Gasteiger partial charge in [0.2, 0.25) is 0 Å². The van der Waals surface area contributed by atoms with E-state index in [1.807, 2.05) is 36.4 Å². The molecule has 1 aliphatic heterocycles. The van der Waals surface area contributed by atoms with Crippen LogP contribution in [0.4, 0.5) is 0 Å². The molecule has 2 aromatic rings. The minimum atomic E-state index is -0.888. The SMILES string of the molecule is O=[S@]1c2ccccc2[Se]C[C@H]1c1ccccc1. The molecule has 0 N–H and O–H groups in total. The summed E-state index contributed by atoms with van der Waals surface area (Å²) in [6, 6.07) is 18.4. The Kier molecular flexibility index (Phi) is 3.15. The van der Waals surface area contributed by atoms with Crippen LogP contribution in [0.5, 0.6) is 0 Å². The quantitative estimate of drug-likeness (QED) is 0.739. The molecule has 0 saturated carbocycles. The number of hydrogen-bond acceptors (Lipinski definition) is 1. The van der Waals surface area contributed by atoms with E-state index in [2.05, 4.69) is 18.2 Å². The van der Waals surface area contributed by atoms with Crippen molar-refractivity contribution in [2.24, 2.45) is 0 Å². The van der Waals surface area contributed by atoms with E-state index in [1.165, 1.54) is 10.0 Å². The van der Waals surface area contributed by atoms with Gasteiger partial charge in [-0.25, -0.2) is 0 Å². The maximum absolute atomic E-state index is 12.5. The number of rotatable bonds is 1. The third-order valence-corrected chi connectivity index (χ3v) is 7.85. The average molecular weight is 307 g/mol. The summed E-state index contributed by atoms with van der Waals surface area (Å²) in [7, 11) is -0.888. The van der Waals surface area contributed by atoms with Crippen LogP contribution in [-0.2, 0) is 10.8 Å². The summed E-state index contributed by atoms with van der Waals surface area (Å²) in [5, 5.41) is 1.23. The van der Waals surface area contributed by atoms with Crippen molar-refractivity contribution in [2.45, 2.75) is 15.5 Å². The van der Waals surface area contributed by atoms with E-state index in [0.29, 0.717) is 15.0 Å². The van der Waals surface area contributed by atoms with Crippen LogP contribution in [-0.4, -0.2) is 19.2 Å². The van der Waals surface area contributed by atoms with Gasteiger partial charge < -0.3 is 0 Å². The molecule has 0 spiro atoms. The summed E-state index contributed by atoms with van der Waals surface area (Å²) in [6.45, 7) is 0. The molecule has 3 heteroatoms. The Morgan fingerprint density at radius 1 is 1.00 bits per heavy atom. The zero-order valence-corrected chi connectivity index (χ0v) is 11.7. The standard InChI is InChI=1S/C14H12OSSe/c15-16-12-8-4-5-9-14(12)17-10-13(16)11-6-2-1-3-7-11/h1-9,13H,10H2/t13-,16-/m0/s1. The van der Waals surface area contributed by atoms with Crippen molar-refractivity contribution < 1.29 is 4.21 Å². The first kappa shape index (κ1) is 11.2. The molecule has 1 aliphatic rings. The second kappa shape index (κ2) is 4.77. The summed E-state index contributed by atoms with van der Waals surface area (Å²) >= 11 is 0.449. The Hall–Kier alpha value is -0.891. The van der Waals surface area contributed by atoms with Crippen LogP contribution in [0, 0.1) is 0 Å². The molecule has 0 radical (unpaired) electrons. The van der Waals surface area contributed by atoms with Crippen molar-refractivity contribution in [3.05, 3.63) is 60.2 Å². The average Bonchev–Trinajstić information content (AvgIpc) is 2.40. The van der Waals surface area contributed by atoms with Gasteiger partial charge in [-0.3, -0.25) is 0 Å². The summed E-state index contributed by atoms with van der Waals surface area (Å²) in [4.78, 5) is 1.05. The van der Waals surface area contributed by atoms with Gasteiger partial charge in [-0.1, -0.05) is 0 Å². The Balaban J connectivity index is 2.00. The van der Waals surface area contributed by atoms with Crippen LogP contribution < -0.4 is 4.46 Å². The van der Waals surface area contributed by atoms with Crippen molar-refractivity contribution in [2.75, 3.05) is 0 Å². The normalized spacial score (nSPS) is 23.1. The van der Waals surface area contributed by atoms with Crippen molar-refractivity contribution in [3.63, 3.8) is 0 Å². The van der Waals surface area contributed by atoms with Crippen LogP contribution >= 0.6 is 0 Å². The monoisotopic (exact) mass is 308 g/mol. The Bertz CT molecular complexity index is 553. The van der Waals surface area contributed by atoms with Crippen molar-refractivity contribution in [3.8, 4) is 0 Å². The van der Waals surface area contributed by atoms with Crippen molar-refractivity contribution in [1.29, 1.82) is 0 Å². The third kappa shape index (κ3) is 2.11. The molecule has 2 atom stereocenters. The second-order valence-corrected chi connectivity index (χ2v) is 7.79. The van der Waals surface area contributed by atoms with Crippen LogP contribution in [0.2, 0.25) is 5.32 Å². The fraction of sp³-hybridized carbons (Fsp3) is 0.143. The van der Waals surface area contributed by atoms with E-state index in [4.69, 9.17) is 0 Å². The van der Waals surface area contributed by atoms with Gasteiger partial charge in [-0.2, -0.15) is 0 Å². The molecule has 1 nitrogen and oxygen atoms in total. The minimum absolute atomic E-state index is 0.186. The summed E-state index contributed by atoms with van der Waals surface area (Å²) in [5.74, 6) is 0. The molecule has 0 bridgehead atoms. The Morgan fingerprint density at radius 2 is 1.71 bits per heavy atom. The van der Waals surface area contributed by atoms with Gasteiger partial charge in [0.1, 0.15) is 0 Å². The van der Waals surface area contributed by atoms with E-state index < -0.39 is 10.8 Å². The van der Waals surface area contributed by atoms with Gasteiger partial charge in [0.05, 0.1) is 0 Å². The Morgan fingerprint density at radius 3 is 2.53 bits per heavy atom. The van der Waals surface area contributed by atoms with Crippen LogP contribution in [0.25, 0.3) is 0 Å². The fourth-order valence-electron chi connectivity index (χ4n) is 2.00. The molecular weight excluding hydrogens is 295 g/mol. The molecule has 1 heterocycles. The summed E-state index contributed by atoms with van der Waals surface area (Å²) < 4.78 is 13.8. The third-order valence-electron chi connectivity index (χ3n) is 2.89. The predicted octanol–water partition coefficient (Wildman–Crippen LogP) is 2.30. The molecule has 0 fully saturated rings. The van der Waals surface area contributed by atoms with E-state index >= 15 is 0 Å². The maximum atomic E-state index is 12.5. The first-order valence-corrected chi connectivity index (χ1v) is 8.82. The van der Waals surface area contributed by atoms with Crippen molar-refractivity contribution in [1.82, 2.24) is 0 Å². The van der Waals surface area contributed by atoms with E-state index in [9.17, 15) is 4.21 Å².